The van der Waals surface area contributed by atoms with Gasteiger partial charge in [-0.15, -0.1) is 10.2 Å². The van der Waals surface area contributed by atoms with Gasteiger partial charge in [-0.2, -0.15) is 0 Å². The fourth-order valence-electron chi connectivity index (χ4n) is 3.91. The van der Waals surface area contributed by atoms with E-state index in [2.05, 4.69) is 19.9 Å². The van der Waals surface area contributed by atoms with Gasteiger partial charge in [0.1, 0.15) is 18.2 Å². The Morgan fingerprint density at radius 1 is 1.25 bits per heavy atom. The third kappa shape index (κ3) is 3.51. The molecule has 10 heteroatoms. The molecule has 0 aliphatic carbocycles. The summed E-state index contributed by atoms with van der Waals surface area (Å²) in [6.45, 7) is 4.80. The maximum Gasteiger partial charge on any atom is 0.276 e. The standard InChI is InChI=1S/C18H24N6O4/c1-12-8-14(21-28-12)18(26)23-6-7-24-15(10-23)19-20-17(24)13-4-3-5-22(9-13)16(25)11-27-2/h8,13H,3-7,9-11H2,1-2H3. The van der Waals surface area contributed by atoms with Gasteiger partial charge in [-0.1, -0.05) is 5.16 Å². The summed E-state index contributed by atoms with van der Waals surface area (Å²) < 4.78 is 12.1. The van der Waals surface area contributed by atoms with Crippen molar-refractivity contribution in [2.24, 2.45) is 0 Å². The van der Waals surface area contributed by atoms with E-state index in [-0.39, 0.29) is 24.3 Å². The number of fused-ring (bicyclic) bond motifs is 1. The van der Waals surface area contributed by atoms with Crippen LogP contribution in [0.5, 0.6) is 0 Å². The monoisotopic (exact) mass is 388 g/mol. The van der Waals surface area contributed by atoms with E-state index in [0.717, 1.165) is 31.0 Å². The third-order valence-corrected chi connectivity index (χ3v) is 5.32. The molecule has 2 aliphatic heterocycles. The van der Waals surface area contributed by atoms with Gasteiger partial charge < -0.3 is 23.6 Å². The summed E-state index contributed by atoms with van der Waals surface area (Å²) in [5.41, 5.74) is 0.310. The fraction of sp³-hybridized carbons (Fsp3) is 0.611. The number of hydrogen-bond donors (Lipinski definition) is 0. The minimum atomic E-state index is -0.165. The van der Waals surface area contributed by atoms with Crippen LogP contribution in [0, 0.1) is 6.92 Å². The van der Waals surface area contributed by atoms with E-state index in [1.165, 1.54) is 7.11 Å². The number of hydrogen-bond acceptors (Lipinski definition) is 7. The molecule has 2 amide bonds. The zero-order valence-electron chi connectivity index (χ0n) is 16.1. The number of aromatic nitrogens is 4. The molecule has 1 unspecified atom stereocenters. The number of methoxy groups -OCH3 is 1. The molecule has 0 saturated carbocycles. The van der Waals surface area contributed by atoms with Crippen LogP contribution in [0.3, 0.4) is 0 Å². The van der Waals surface area contributed by atoms with Crippen molar-refractivity contribution >= 4 is 11.8 Å². The molecule has 4 heterocycles. The number of rotatable bonds is 4. The first-order valence-corrected chi connectivity index (χ1v) is 9.48. The number of aryl methyl sites for hydroxylation is 1. The van der Waals surface area contributed by atoms with E-state index >= 15 is 0 Å². The number of carbonyl (C=O) groups excluding carboxylic acids is 2. The number of likely N-dealkylation sites (tertiary alicyclic amines) is 1. The average molecular weight is 388 g/mol. The van der Waals surface area contributed by atoms with Crippen LogP contribution in [0.25, 0.3) is 0 Å². The molecule has 1 fully saturated rings. The van der Waals surface area contributed by atoms with Crippen molar-refractivity contribution in [3.05, 3.63) is 29.2 Å². The molecule has 28 heavy (non-hydrogen) atoms. The van der Waals surface area contributed by atoms with Gasteiger partial charge in [0.15, 0.2) is 11.5 Å². The van der Waals surface area contributed by atoms with Crippen molar-refractivity contribution in [1.29, 1.82) is 0 Å². The Kier molecular flexibility index (Phi) is 5.12. The average Bonchev–Trinajstić information content (AvgIpc) is 3.33. The number of amides is 2. The minimum Gasteiger partial charge on any atom is -0.375 e. The number of nitrogens with zero attached hydrogens (tertiary/aromatic N) is 6. The smallest absolute Gasteiger partial charge is 0.276 e. The summed E-state index contributed by atoms with van der Waals surface area (Å²) in [6.07, 6.45) is 1.90. The molecule has 1 atom stereocenters. The molecule has 2 aromatic rings. The quantitative estimate of drug-likeness (QED) is 0.754. The van der Waals surface area contributed by atoms with E-state index in [1.54, 1.807) is 17.9 Å². The lowest BCUT2D eigenvalue weighted by molar-refractivity contribution is -0.136. The van der Waals surface area contributed by atoms with Crippen molar-refractivity contribution in [3.63, 3.8) is 0 Å². The Hall–Kier alpha value is -2.75. The lowest BCUT2D eigenvalue weighted by Crippen LogP contribution is -2.42. The fourth-order valence-corrected chi connectivity index (χ4v) is 3.91. The van der Waals surface area contributed by atoms with Crippen LogP contribution in [-0.4, -0.2) is 74.9 Å². The van der Waals surface area contributed by atoms with Crippen LogP contribution in [0.15, 0.2) is 10.6 Å². The zero-order chi connectivity index (χ0) is 19.7. The van der Waals surface area contributed by atoms with Gasteiger partial charge in [0, 0.05) is 45.3 Å². The molecular formula is C18H24N6O4. The Bertz CT molecular complexity index is 875. The van der Waals surface area contributed by atoms with Crippen molar-refractivity contribution in [1.82, 2.24) is 29.7 Å². The van der Waals surface area contributed by atoms with Gasteiger partial charge in [-0.05, 0) is 19.8 Å². The SMILES string of the molecule is COCC(=O)N1CCCC(c2nnc3n2CCN(C(=O)c2cc(C)on2)C3)C1. The Balaban J connectivity index is 1.46. The number of piperidine rings is 1. The van der Waals surface area contributed by atoms with Crippen LogP contribution < -0.4 is 0 Å². The van der Waals surface area contributed by atoms with E-state index in [1.807, 2.05) is 4.90 Å². The van der Waals surface area contributed by atoms with Crippen molar-refractivity contribution in [3.8, 4) is 0 Å². The summed E-state index contributed by atoms with van der Waals surface area (Å²) >= 11 is 0. The van der Waals surface area contributed by atoms with E-state index < -0.39 is 0 Å². The van der Waals surface area contributed by atoms with Crippen LogP contribution in [0.2, 0.25) is 0 Å². The van der Waals surface area contributed by atoms with Gasteiger partial charge >= 0.3 is 0 Å². The predicted octanol–water partition coefficient (Wildman–Crippen LogP) is 0.583. The van der Waals surface area contributed by atoms with Gasteiger partial charge in [-0.25, -0.2) is 0 Å². The second kappa shape index (κ2) is 7.70. The first-order chi connectivity index (χ1) is 13.6. The molecule has 150 valence electrons. The van der Waals surface area contributed by atoms with Crippen molar-refractivity contribution in [2.45, 2.75) is 38.8 Å². The Labute approximate surface area is 162 Å². The molecular weight excluding hydrogens is 364 g/mol. The van der Waals surface area contributed by atoms with Crippen molar-refractivity contribution in [2.75, 3.05) is 33.4 Å². The highest BCUT2D eigenvalue weighted by Gasteiger charge is 2.32. The zero-order valence-corrected chi connectivity index (χ0v) is 16.1. The van der Waals surface area contributed by atoms with Crippen LogP contribution in [0.4, 0.5) is 0 Å². The van der Waals surface area contributed by atoms with Gasteiger partial charge in [0.05, 0.1) is 6.54 Å². The van der Waals surface area contributed by atoms with Crippen LogP contribution in [0.1, 0.15) is 46.7 Å². The second-order valence-electron chi connectivity index (χ2n) is 7.29. The first-order valence-electron chi connectivity index (χ1n) is 9.48. The Morgan fingerprint density at radius 3 is 2.86 bits per heavy atom. The summed E-state index contributed by atoms with van der Waals surface area (Å²) in [6, 6.07) is 1.64. The predicted molar refractivity (Wildman–Crippen MR) is 96.4 cm³/mol. The topological polar surface area (TPSA) is 107 Å². The summed E-state index contributed by atoms with van der Waals surface area (Å²) in [7, 11) is 1.53. The molecule has 2 aliphatic rings. The van der Waals surface area contributed by atoms with Crippen LogP contribution in [-0.2, 0) is 22.6 Å². The minimum absolute atomic E-state index is 0.00487. The van der Waals surface area contributed by atoms with Crippen molar-refractivity contribution < 1.29 is 18.8 Å². The molecule has 1 saturated heterocycles. The lowest BCUT2D eigenvalue weighted by atomic mass is 9.97. The van der Waals surface area contributed by atoms with Gasteiger partial charge in [-0.3, -0.25) is 9.59 Å². The molecule has 0 radical (unpaired) electrons. The molecule has 0 N–H and O–H groups in total. The number of ether oxygens (including phenoxy) is 1. The van der Waals surface area contributed by atoms with E-state index in [4.69, 9.17) is 9.26 Å². The first kappa shape index (κ1) is 18.6. The number of carbonyl (C=O) groups is 2. The van der Waals surface area contributed by atoms with E-state index in [0.29, 0.717) is 37.6 Å². The Morgan fingerprint density at radius 2 is 2.11 bits per heavy atom. The molecule has 0 spiro atoms. The molecule has 10 nitrogen and oxygen atoms in total. The highest BCUT2D eigenvalue weighted by molar-refractivity contribution is 5.92. The lowest BCUT2D eigenvalue weighted by Gasteiger charge is -2.33. The van der Waals surface area contributed by atoms with Gasteiger partial charge in [0.2, 0.25) is 5.91 Å². The summed E-state index contributed by atoms with van der Waals surface area (Å²) in [5.74, 6) is 2.25. The molecule has 0 aromatic carbocycles. The maximum atomic E-state index is 12.6. The molecule has 0 bridgehead atoms. The third-order valence-electron chi connectivity index (χ3n) is 5.32. The summed E-state index contributed by atoms with van der Waals surface area (Å²) in [4.78, 5) is 28.3. The van der Waals surface area contributed by atoms with Gasteiger partial charge in [0.25, 0.3) is 5.91 Å². The van der Waals surface area contributed by atoms with Crippen LogP contribution >= 0.6 is 0 Å². The molecule has 4 rings (SSSR count). The maximum absolute atomic E-state index is 12.6. The normalized spacial score (nSPS) is 19.6. The molecule has 2 aromatic heterocycles. The highest BCUT2D eigenvalue weighted by Crippen LogP contribution is 2.28. The summed E-state index contributed by atoms with van der Waals surface area (Å²) in [5, 5.41) is 12.5. The second-order valence-corrected chi connectivity index (χ2v) is 7.29. The largest absolute Gasteiger partial charge is 0.375 e. The van der Waals surface area contributed by atoms with E-state index in [9.17, 15) is 9.59 Å². The highest BCUT2D eigenvalue weighted by atomic mass is 16.5.